The number of carbonyl (C=O) groups excluding carboxylic acids is 1. The van der Waals surface area contributed by atoms with Crippen LogP contribution in [-0.4, -0.2) is 17.5 Å². The summed E-state index contributed by atoms with van der Waals surface area (Å²) in [4.78, 5) is 12.3. The van der Waals surface area contributed by atoms with E-state index in [9.17, 15) is 4.79 Å². The minimum absolute atomic E-state index is 0.181. The number of benzene rings is 1. The van der Waals surface area contributed by atoms with E-state index in [0.717, 1.165) is 22.2 Å². The van der Waals surface area contributed by atoms with E-state index >= 15 is 0 Å². The number of hydrogen-bond donors (Lipinski definition) is 0. The maximum Gasteiger partial charge on any atom is 0.165 e. The van der Waals surface area contributed by atoms with Gasteiger partial charge in [0.05, 0.1) is 18.0 Å². The zero-order valence-electron chi connectivity index (χ0n) is 11.4. The fourth-order valence-corrected chi connectivity index (χ4v) is 2.27. The minimum Gasteiger partial charge on any atom is -0.496 e. The van der Waals surface area contributed by atoms with Crippen LogP contribution in [0.3, 0.4) is 0 Å². The second-order valence-corrected chi connectivity index (χ2v) is 5.03. The summed E-state index contributed by atoms with van der Waals surface area (Å²) >= 11 is 0. The third kappa shape index (κ3) is 2.13. The SMILES string of the molecule is COc1cccc2c1c(C(=O)CC(C)C)cn2C. The lowest BCUT2D eigenvalue weighted by Gasteiger charge is -2.06. The number of hydrogen-bond acceptors (Lipinski definition) is 2. The van der Waals surface area contributed by atoms with Crippen LogP contribution >= 0.6 is 0 Å². The number of aromatic nitrogens is 1. The Morgan fingerprint density at radius 1 is 1.39 bits per heavy atom. The van der Waals surface area contributed by atoms with Crippen LogP contribution in [0.2, 0.25) is 0 Å². The second-order valence-electron chi connectivity index (χ2n) is 5.03. The van der Waals surface area contributed by atoms with Crippen molar-refractivity contribution in [2.45, 2.75) is 20.3 Å². The molecule has 1 heterocycles. The zero-order chi connectivity index (χ0) is 13.3. The Morgan fingerprint density at radius 2 is 2.11 bits per heavy atom. The molecule has 0 unspecified atom stereocenters. The number of carbonyl (C=O) groups is 1. The molecule has 0 bridgehead atoms. The van der Waals surface area contributed by atoms with E-state index in [0.29, 0.717) is 12.3 Å². The standard InChI is InChI=1S/C15H19NO2/c1-10(2)8-13(17)11-9-16(3)12-6-5-7-14(18-4)15(11)12/h5-7,9-10H,8H2,1-4H3. The van der Waals surface area contributed by atoms with Crippen molar-refractivity contribution in [1.29, 1.82) is 0 Å². The van der Waals surface area contributed by atoms with Gasteiger partial charge in [0.25, 0.3) is 0 Å². The van der Waals surface area contributed by atoms with Gasteiger partial charge in [-0.05, 0) is 18.1 Å². The summed E-state index contributed by atoms with van der Waals surface area (Å²) in [6.07, 6.45) is 2.47. The third-order valence-electron chi connectivity index (χ3n) is 3.09. The molecule has 1 aromatic carbocycles. The van der Waals surface area contributed by atoms with Crippen molar-refractivity contribution >= 4 is 16.7 Å². The molecule has 0 amide bonds. The zero-order valence-corrected chi connectivity index (χ0v) is 11.4. The molecule has 96 valence electrons. The van der Waals surface area contributed by atoms with Gasteiger partial charge in [0.1, 0.15) is 5.75 Å². The fourth-order valence-electron chi connectivity index (χ4n) is 2.27. The molecule has 1 aromatic heterocycles. The van der Waals surface area contributed by atoms with Gasteiger partial charge in [0.15, 0.2) is 5.78 Å². The molecule has 0 N–H and O–H groups in total. The first-order valence-corrected chi connectivity index (χ1v) is 6.19. The summed E-state index contributed by atoms with van der Waals surface area (Å²) in [5.74, 6) is 1.31. The summed E-state index contributed by atoms with van der Waals surface area (Å²) in [6.45, 7) is 4.11. The number of ether oxygens (including phenoxy) is 1. The smallest absolute Gasteiger partial charge is 0.165 e. The largest absolute Gasteiger partial charge is 0.496 e. The van der Waals surface area contributed by atoms with Gasteiger partial charge >= 0.3 is 0 Å². The molecule has 0 radical (unpaired) electrons. The summed E-state index contributed by atoms with van der Waals surface area (Å²) < 4.78 is 7.35. The number of ketones is 1. The van der Waals surface area contributed by atoms with Gasteiger partial charge in [-0.1, -0.05) is 19.9 Å². The van der Waals surface area contributed by atoms with Crippen LogP contribution in [0.5, 0.6) is 5.75 Å². The summed E-state index contributed by atoms with van der Waals surface area (Å²) in [7, 11) is 3.59. The summed E-state index contributed by atoms with van der Waals surface area (Å²) in [5, 5.41) is 0.924. The van der Waals surface area contributed by atoms with Gasteiger partial charge in [0, 0.05) is 25.2 Å². The molecule has 0 fully saturated rings. The summed E-state index contributed by atoms with van der Waals surface area (Å²) in [5.41, 5.74) is 1.79. The monoisotopic (exact) mass is 245 g/mol. The van der Waals surface area contributed by atoms with Crippen LogP contribution in [0.4, 0.5) is 0 Å². The van der Waals surface area contributed by atoms with Crippen molar-refractivity contribution in [2.75, 3.05) is 7.11 Å². The van der Waals surface area contributed by atoms with E-state index < -0.39 is 0 Å². The average Bonchev–Trinajstić information content (AvgIpc) is 2.66. The lowest BCUT2D eigenvalue weighted by molar-refractivity contribution is 0.0969. The van der Waals surface area contributed by atoms with Gasteiger partial charge in [0.2, 0.25) is 0 Å². The number of Topliss-reactive ketones (excluding diaryl/α,β-unsaturated/α-hetero) is 1. The number of methoxy groups -OCH3 is 1. The number of rotatable bonds is 4. The Kier molecular flexibility index (Phi) is 3.41. The highest BCUT2D eigenvalue weighted by molar-refractivity contribution is 6.10. The molecule has 0 aliphatic rings. The molecular formula is C15H19NO2. The van der Waals surface area contributed by atoms with E-state index in [2.05, 4.69) is 13.8 Å². The van der Waals surface area contributed by atoms with Crippen LogP contribution in [0, 0.1) is 5.92 Å². The normalized spacial score (nSPS) is 11.2. The first-order valence-electron chi connectivity index (χ1n) is 6.19. The predicted octanol–water partition coefficient (Wildman–Crippen LogP) is 3.42. The van der Waals surface area contributed by atoms with E-state index in [1.807, 2.05) is 36.0 Å². The quantitative estimate of drug-likeness (QED) is 0.773. The van der Waals surface area contributed by atoms with Crippen molar-refractivity contribution < 1.29 is 9.53 Å². The Morgan fingerprint density at radius 3 is 2.72 bits per heavy atom. The molecule has 0 spiro atoms. The molecule has 0 saturated carbocycles. The number of nitrogens with zero attached hydrogens (tertiary/aromatic N) is 1. The first-order chi connectivity index (χ1) is 8.54. The Balaban J connectivity index is 2.60. The Labute approximate surface area is 107 Å². The molecule has 3 nitrogen and oxygen atoms in total. The highest BCUT2D eigenvalue weighted by Crippen LogP contribution is 2.31. The van der Waals surface area contributed by atoms with Crippen molar-refractivity contribution in [2.24, 2.45) is 13.0 Å². The lowest BCUT2D eigenvalue weighted by Crippen LogP contribution is -2.03. The van der Waals surface area contributed by atoms with Crippen LogP contribution in [0.1, 0.15) is 30.6 Å². The Hall–Kier alpha value is -1.77. The van der Waals surface area contributed by atoms with E-state index in [1.165, 1.54) is 0 Å². The third-order valence-corrected chi connectivity index (χ3v) is 3.09. The molecule has 0 saturated heterocycles. The molecular weight excluding hydrogens is 226 g/mol. The highest BCUT2D eigenvalue weighted by Gasteiger charge is 2.17. The maximum atomic E-state index is 12.3. The molecule has 0 aliphatic carbocycles. The van der Waals surface area contributed by atoms with Gasteiger partial charge in [-0.3, -0.25) is 4.79 Å². The second kappa shape index (κ2) is 4.84. The van der Waals surface area contributed by atoms with Crippen LogP contribution in [0.25, 0.3) is 10.9 Å². The van der Waals surface area contributed by atoms with Crippen molar-refractivity contribution in [1.82, 2.24) is 4.57 Å². The molecule has 18 heavy (non-hydrogen) atoms. The van der Waals surface area contributed by atoms with Gasteiger partial charge in [-0.2, -0.15) is 0 Å². The van der Waals surface area contributed by atoms with Crippen molar-refractivity contribution in [3.8, 4) is 5.75 Å². The van der Waals surface area contributed by atoms with Crippen molar-refractivity contribution in [3.63, 3.8) is 0 Å². The van der Waals surface area contributed by atoms with Crippen LogP contribution in [-0.2, 0) is 7.05 Å². The molecule has 0 atom stereocenters. The van der Waals surface area contributed by atoms with Gasteiger partial charge in [-0.15, -0.1) is 0 Å². The van der Waals surface area contributed by atoms with E-state index in [-0.39, 0.29) is 5.78 Å². The molecule has 2 rings (SSSR count). The highest BCUT2D eigenvalue weighted by atomic mass is 16.5. The molecule has 3 heteroatoms. The van der Waals surface area contributed by atoms with E-state index in [4.69, 9.17) is 4.74 Å². The van der Waals surface area contributed by atoms with Gasteiger partial charge < -0.3 is 9.30 Å². The maximum absolute atomic E-state index is 12.3. The van der Waals surface area contributed by atoms with Crippen molar-refractivity contribution in [3.05, 3.63) is 30.0 Å². The summed E-state index contributed by atoms with van der Waals surface area (Å²) in [6, 6.07) is 5.84. The predicted molar refractivity (Wildman–Crippen MR) is 73.3 cm³/mol. The average molecular weight is 245 g/mol. The first kappa shape index (κ1) is 12.7. The molecule has 0 aliphatic heterocycles. The van der Waals surface area contributed by atoms with E-state index in [1.54, 1.807) is 7.11 Å². The van der Waals surface area contributed by atoms with Gasteiger partial charge in [-0.25, -0.2) is 0 Å². The Bertz CT molecular complexity index is 581. The molecule has 2 aromatic rings. The fraction of sp³-hybridized carbons (Fsp3) is 0.400. The lowest BCUT2D eigenvalue weighted by atomic mass is 10.0. The number of aryl methyl sites for hydroxylation is 1. The van der Waals surface area contributed by atoms with Crippen LogP contribution in [0.15, 0.2) is 24.4 Å². The van der Waals surface area contributed by atoms with Crippen LogP contribution < -0.4 is 4.74 Å². The topological polar surface area (TPSA) is 31.2 Å². The number of fused-ring (bicyclic) bond motifs is 1. The minimum atomic E-state index is 0.181.